The lowest BCUT2D eigenvalue weighted by atomic mass is 9.89. The summed E-state index contributed by atoms with van der Waals surface area (Å²) in [5.74, 6) is -2.05. The molecule has 1 aliphatic carbocycles. The molecule has 9 heteroatoms. The van der Waals surface area contributed by atoms with Crippen molar-refractivity contribution in [2.24, 2.45) is 0 Å². The van der Waals surface area contributed by atoms with Gasteiger partial charge in [-0.2, -0.15) is 5.21 Å². The normalized spacial score (nSPS) is 14.0. The fourth-order valence-corrected chi connectivity index (χ4v) is 3.82. The second-order valence-corrected chi connectivity index (χ2v) is 7.55. The molecule has 0 spiro atoms. The lowest BCUT2D eigenvalue weighted by Gasteiger charge is -2.17. The minimum Gasteiger partial charge on any atom is -0.342 e. The lowest BCUT2D eigenvalue weighted by molar-refractivity contribution is -0.121. The SMILES string of the molecule is O=C(CCC(=O)c1ccc2c(c1)CCCC2)NC(c1nn[nH]n1)c1cc(F)ccc1F. The summed E-state index contributed by atoms with van der Waals surface area (Å²) in [6, 6.07) is 7.47. The lowest BCUT2D eigenvalue weighted by Crippen LogP contribution is -2.31. The summed E-state index contributed by atoms with van der Waals surface area (Å²) < 4.78 is 27.9. The highest BCUT2D eigenvalue weighted by Gasteiger charge is 2.25. The average Bonchev–Trinajstić information content (AvgIpc) is 3.32. The zero-order valence-corrected chi connectivity index (χ0v) is 16.7. The van der Waals surface area contributed by atoms with Crippen molar-refractivity contribution in [2.45, 2.75) is 44.6 Å². The van der Waals surface area contributed by atoms with Crippen LogP contribution < -0.4 is 5.32 Å². The first-order valence-corrected chi connectivity index (χ1v) is 10.1. The summed E-state index contributed by atoms with van der Waals surface area (Å²) in [6.45, 7) is 0. The van der Waals surface area contributed by atoms with E-state index in [1.54, 1.807) is 6.07 Å². The zero-order valence-electron chi connectivity index (χ0n) is 16.7. The summed E-state index contributed by atoms with van der Waals surface area (Å²) in [6.07, 6.45) is 4.15. The van der Waals surface area contributed by atoms with E-state index < -0.39 is 23.6 Å². The van der Waals surface area contributed by atoms with Crippen LogP contribution in [0, 0.1) is 11.6 Å². The molecule has 31 heavy (non-hydrogen) atoms. The number of tetrazole rings is 1. The van der Waals surface area contributed by atoms with Crippen LogP contribution in [0.15, 0.2) is 36.4 Å². The first-order chi connectivity index (χ1) is 15.0. The topological polar surface area (TPSA) is 101 Å². The predicted molar refractivity (Wildman–Crippen MR) is 107 cm³/mol. The number of fused-ring (bicyclic) bond motifs is 1. The van der Waals surface area contributed by atoms with Gasteiger partial charge in [0.05, 0.1) is 0 Å². The van der Waals surface area contributed by atoms with Crippen LogP contribution in [0.1, 0.15) is 64.6 Å². The van der Waals surface area contributed by atoms with Gasteiger partial charge in [0.2, 0.25) is 11.7 Å². The van der Waals surface area contributed by atoms with Gasteiger partial charge in [-0.3, -0.25) is 9.59 Å². The predicted octanol–water partition coefficient (Wildman–Crippen LogP) is 3.23. The number of rotatable bonds is 7. The first-order valence-electron chi connectivity index (χ1n) is 10.1. The number of carbonyl (C=O) groups excluding carboxylic acids is 2. The van der Waals surface area contributed by atoms with Crippen molar-refractivity contribution in [3.05, 3.63) is 76.1 Å². The molecule has 0 fully saturated rings. The monoisotopic (exact) mass is 425 g/mol. The number of nitrogens with zero attached hydrogens (tertiary/aromatic N) is 3. The molecule has 7 nitrogen and oxygen atoms in total. The smallest absolute Gasteiger partial charge is 0.221 e. The number of amides is 1. The van der Waals surface area contributed by atoms with E-state index in [4.69, 9.17) is 0 Å². The number of hydrogen-bond acceptors (Lipinski definition) is 5. The number of ketones is 1. The molecular weight excluding hydrogens is 404 g/mol. The van der Waals surface area contributed by atoms with Crippen LogP contribution in [-0.4, -0.2) is 32.3 Å². The summed E-state index contributed by atoms with van der Waals surface area (Å²) in [5.41, 5.74) is 2.93. The van der Waals surface area contributed by atoms with E-state index >= 15 is 0 Å². The third-order valence-electron chi connectivity index (χ3n) is 5.44. The summed E-state index contributed by atoms with van der Waals surface area (Å²) in [7, 11) is 0. The summed E-state index contributed by atoms with van der Waals surface area (Å²) in [4.78, 5) is 25.1. The number of hydrogen-bond donors (Lipinski definition) is 2. The average molecular weight is 425 g/mol. The van der Waals surface area contributed by atoms with Crippen LogP contribution in [0.2, 0.25) is 0 Å². The number of aromatic amines is 1. The van der Waals surface area contributed by atoms with Gasteiger partial charge in [0.15, 0.2) is 5.78 Å². The van der Waals surface area contributed by atoms with E-state index in [1.807, 2.05) is 12.1 Å². The Balaban J connectivity index is 1.44. The molecule has 1 heterocycles. The number of Topliss-reactive ketones (excluding diaryl/α,β-unsaturated/α-hetero) is 1. The number of aryl methyl sites for hydroxylation is 2. The Bertz CT molecular complexity index is 1100. The Morgan fingerprint density at radius 2 is 1.84 bits per heavy atom. The van der Waals surface area contributed by atoms with E-state index in [-0.39, 0.29) is 30.0 Å². The second kappa shape index (κ2) is 9.11. The third-order valence-corrected chi connectivity index (χ3v) is 5.44. The van der Waals surface area contributed by atoms with Crippen LogP contribution in [0.4, 0.5) is 8.78 Å². The van der Waals surface area contributed by atoms with Crippen LogP contribution >= 0.6 is 0 Å². The first kappa shape index (κ1) is 20.8. The van der Waals surface area contributed by atoms with Crippen molar-refractivity contribution in [1.29, 1.82) is 0 Å². The van der Waals surface area contributed by atoms with Gasteiger partial charge in [0.25, 0.3) is 0 Å². The highest BCUT2D eigenvalue weighted by Crippen LogP contribution is 2.24. The van der Waals surface area contributed by atoms with Crippen LogP contribution in [-0.2, 0) is 17.6 Å². The van der Waals surface area contributed by atoms with Crippen molar-refractivity contribution >= 4 is 11.7 Å². The molecule has 1 atom stereocenters. The van der Waals surface area contributed by atoms with Crippen LogP contribution in [0.3, 0.4) is 0 Å². The van der Waals surface area contributed by atoms with Crippen molar-refractivity contribution in [3.63, 3.8) is 0 Å². The molecule has 3 aromatic rings. The molecule has 0 bridgehead atoms. The number of H-pyrrole nitrogens is 1. The highest BCUT2D eigenvalue weighted by atomic mass is 19.1. The Hall–Kier alpha value is -3.49. The zero-order chi connectivity index (χ0) is 21.8. The Kier molecular flexibility index (Phi) is 6.11. The minimum atomic E-state index is -1.14. The number of nitrogens with one attached hydrogen (secondary N) is 2. The molecule has 0 saturated carbocycles. The van der Waals surface area contributed by atoms with Gasteiger partial charge in [-0.25, -0.2) is 8.78 Å². The molecule has 1 aliphatic rings. The van der Waals surface area contributed by atoms with Gasteiger partial charge < -0.3 is 5.32 Å². The van der Waals surface area contributed by atoms with E-state index in [2.05, 4.69) is 25.9 Å². The van der Waals surface area contributed by atoms with Gasteiger partial charge in [0.1, 0.15) is 17.7 Å². The van der Waals surface area contributed by atoms with Crippen molar-refractivity contribution in [1.82, 2.24) is 25.9 Å². The van der Waals surface area contributed by atoms with Gasteiger partial charge in [-0.1, -0.05) is 17.3 Å². The number of carbonyl (C=O) groups is 2. The van der Waals surface area contributed by atoms with Crippen LogP contribution in [0.5, 0.6) is 0 Å². The van der Waals surface area contributed by atoms with E-state index in [1.165, 1.54) is 11.1 Å². The minimum absolute atomic E-state index is 0.00475. The molecule has 160 valence electrons. The van der Waals surface area contributed by atoms with Gasteiger partial charge in [0, 0.05) is 24.0 Å². The maximum atomic E-state index is 14.3. The number of halogens is 2. The summed E-state index contributed by atoms with van der Waals surface area (Å²) >= 11 is 0. The molecule has 2 aromatic carbocycles. The van der Waals surface area contributed by atoms with Gasteiger partial charge in [-0.05, 0) is 61.1 Å². The standard InChI is InChI=1S/C22H21F2N5O2/c23-16-7-8-18(24)17(12-16)21(22-26-28-29-27-22)25-20(31)10-9-19(30)15-6-5-13-3-1-2-4-14(13)11-15/h5-8,11-12,21H,1-4,9-10H2,(H,25,31)(H,26,27,28,29). The number of benzene rings is 2. The summed E-state index contributed by atoms with van der Waals surface area (Å²) in [5, 5.41) is 15.8. The maximum Gasteiger partial charge on any atom is 0.221 e. The molecule has 1 aromatic heterocycles. The van der Waals surface area contributed by atoms with Crippen molar-refractivity contribution in [2.75, 3.05) is 0 Å². The Labute approximate surface area is 177 Å². The molecule has 0 aliphatic heterocycles. The molecule has 0 radical (unpaired) electrons. The highest BCUT2D eigenvalue weighted by molar-refractivity contribution is 5.98. The molecule has 4 rings (SSSR count). The van der Waals surface area contributed by atoms with E-state index in [9.17, 15) is 18.4 Å². The third kappa shape index (κ3) is 4.82. The fraction of sp³-hybridized carbons (Fsp3) is 0.318. The quantitative estimate of drug-likeness (QED) is 0.566. The Morgan fingerprint density at radius 1 is 1.03 bits per heavy atom. The molecular formula is C22H21F2N5O2. The largest absolute Gasteiger partial charge is 0.342 e. The number of aromatic nitrogens is 4. The fourth-order valence-electron chi connectivity index (χ4n) is 3.82. The van der Waals surface area contributed by atoms with Crippen molar-refractivity contribution < 1.29 is 18.4 Å². The van der Waals surface area contributed by atoms with E-state index in [0.29, 0.717) is 5.56 Å². The van der Waals surface area contributed by atoms with Gasteiger partial charge in [-0.15, -0.1) is 10.2 Å². The molecule has 0 saturated heterocycles. The molecule has 1 amide bonds. The maximum absolute atomic E-state index is 14.3. The van der Waals surface area contributed by atoms with E-state index in [0.717, 1.165) is 43.9 Å². The van der Waals surface area contributed by atoms with Crippen LogP contribution in [0.25, 0.3) is 0 Å². The molecule has 2 N–H and O–H groups in total. The van der Waals surface area contributed by atoms with Crippen molar-refractivity contribution in [3.8, 4) is 0 Å². The second-order valence-electron chi connectivity index (χ2n) is 7.55. The van der Waals surface area contributed by atoms with Gasteiger partial charge >= 0.3 is 0 Å². The Morgan fingerprint density at radius 3 is 2.61 bits per heavy atom. The molecule has 1 unspecified atom stereocenters.